The van der Waals surface area contributed by atoms with E-state index in [1.165, 1.54) is 0 Å². The van der Waals surface area contributed by atoms with Gasteiger partial charge in [-0.2, -0.15) is 0 Å². The zero-order valence-corrected chi connectivity index (χ0v) is 11.8. The Morgan fingerprint density at radius 2 is 2.00 bits per heavy atom. The van der Waals surface area contributed by atoms with E-state index in [0.29, 0.717) is 11.6 Å². The molecular weight excluding hydrogens is 302 g/mol. The molecule has 0 amide bonds. The van der Waals surface area contributed by atoms with Crippen molar-refractivity contribution in [2.75, 3.05) is 5.32 Å². The van der Waals surface area contributed by atoms with Gasteiger partial charge in [-0.15, -0.1) is 0 Å². The van der Waals surface area contributed by atoms with Gasteiger partial charge in [0.2, 0.25) is 0 Å². The fraction of sp³-hybridized carbons (Fsp3) is 0.231. The van der Waals surface area contributed by atoms with Crippen molar-refractivity contribution in [2.24, 2.45) is 0 Å². The van der Waals surface area contributed by atoms with E-state index < -0.39 is 0 Å². The Morgan fingerprint density at radius 1 is 1.24 bits per heavy atom. The number of hydrogen-bond acceptors (Lipinski definition) is 2. The van der Waals surface area contributed by atoms with Gasteiger partial charge in [-0.25, -0.2) is 0 Å². The van der Waals surface area contributed by atoms with E-state index in [1.807, 2.05) is 30.3 Å². The van der Waals surface area contributed by atoms with Crippen molar-refractivity contribution in [3.05, 3.63) is 51.3 Å². The summed E-state index contributed by atoms with van der Waals surface area (Å²) >= 11 is 9.32. The lowest BCUT2D eigenvalue weighted by Crippen LogP contribution is -1.97. The van der Waals surface area contributed by atoms with Crippen LogP contribution in [0.4, 0.5) is 5.69 Å². The van der Waals surface area contributed by atoms with E-state index in [-0.39, 0.29) is 0 Å². The average molecular weight is 315 g/mol. The summed E-state index contributed by atoms with van der Waals surface area (Å²) in [5.74, 6) is 1.95. The molecule has 0 saturated heterocycles. The third kappa shape index (κ3) is 3.27. The number of rotatable bonds is 4. The van der Waals surface area contributed by atoms with Gasteiger partial charge in [0.1, 0.15) is 11.5 Å². The molecule has 4 heteroatoms. The molecule has 0 saturated carbocycles. The van der Waals surface area contributed by atoms with Crippen molar-refractivity contribution in [1.82, 2.24) is 0 Å². The minimum atomic E-state index is 0.675. The van der Waals surface area contributed by atoms with Crippen molar-refractivity contribution in [3.8, 4) is 0 Å². The third-order valence-corrected chi connectivity index (χ3v) is 3.67. The number of aryl methyl sites for hydroxylation is 1. The molecule has 2 nitrogen and oxygen atoms in total. The van der Waals surface area contributed by atoms with Crippen LogP contribution in [-0.4, -0.2) is 0 Å². The van der Waals surface area contributed by atoms with Crippen LogP contribution in [0, 0.1) is 0 Å². The second kappa shape index (κ2) is 5.61. The van der Waals surface area contributed by atoms with Crippen LogP contribution in [0.5, 0.6) is 0 Å². The summed E-state index contributed by atoms with van der Waals surface area (Å²) in [6.45, 7) is 2.75. The number of benzene rings is 1. The highest BCUT2D eigenvalue weighted by Gasteiger charge is 2.02. The summed E-state index contributed by atoms with van der Waals surface area (Å²) in [5, 5.41) is 3.99. The topological polar surface area (TPSA) is 25.2 Å². The summed E-state index contributed by atoms with van der Waals surface area (Å²) < 4.78 is 6.50. The maximum atomic E-state index is 5.93. The summed E-state index contributed by atoms with van der Waals surface area (Å²) in [5.41, 5.74) is 1.01. The highest BCUT2D eigenvalue weighted by molar-refractivity contribution is 9.10. The van der Waals surface area contributed by atoms with Gasteiger partial charge in [0, 0.05) is 16.6 Å². The van der Waals surface area contributed by atoms with E-state index in [2.05, 4.69) is 28.2 Å². The molecule has 1 aromatic heterocycles. The van der Waals surface area contributed by atoms with Crippen LogP contribution in [0.1, 0.15) is 18.4 Å². The molecule has 2 aromatic rings. The van der Waals surface area contributed by atoms with Crippen molar-refractivity contribution < 1.29 is 4.42 Å². The zero-order chi connectivity index (χ0) is 12.3. The summed E-state index contributed by atoms with van der Waals surface area (Å²) in [6, 6.07) is 9.75. The smallest absolute Gasteiger partial charge is 0.123 e. The average Bonchev–Trinajstić information content (AvgIpc) is 2.79. The van der Waals surface area contributed by atoms with Crippen molar-refractivity contribution in [3.63, 3.8) is 0 Å². The first-order valence-corrected chi connectivity index (χ1v) is 6.62. The predicted octanol–water partition coefficient (Wildman–Crippen LogP) is 4.87. The summed E-state index contributed by atoms with van der Waals surface area (Å²) in [7, 11) is 0. The molecule has 2 rings (SSSR count). The first-order valence-electron chi connectivity index (χ1n) is 5.45. The molecular formula is C13H13BrClNO. The van der Waals surface area contributed by atoms with Crippen LogP contribution in [-0.2, 0) is 13.0 Å². The van der Waals surface area contributed by atoms with Gasteiger partial charge in [0.05, 0.1) is 11.6 Å². The van der Waals surface area contributed by atoms with Crippen molar-refractivity contribution in [1.29, 1.82) is 0 Å². The van der Waals surface area contributed by atoms with E-state index >= 15 is 0 Å². The van der Waals surface area contributed by atoms with Gasteiger partial charge in [0.25, 0.3) is 0 Å². The van der Waals surface area contributed by atoms with Crippen LogP contribution >= 0.6 is 27.5 Å². The van der Waals surface area contributed by atoms with Crippen molar-refractivity contribution >= 4 is 33.2 Å². The second-order valence-electron chi connectivity index (χ2n) is 3.70. The Balaban J connectivity index is 1.99. The molecule has 0 aliphatic rings. The van der Waals surface area contributed by atoms with Gasteiger partial charge in [-0.05, 0) is 46.3 Å². The zero-order valence-electron chi connectivity index (χ0n) is 9.47. The predicted molar refractivity (Wildman–Crippen MR) is 74.6 cm³/mol. The van der Waals surface area contributed by atoms with Crippen LogP contribution in [0.2, 0.25) is 5.02 Å². The number of furan rings is 1. The lowest BCUT2D eigenvalue weighted by Gasteiger charge is -2.05. The van der Waals surface area contributed by atoms with Crippen molar-refractivity contribution in [2.45, 2.75) is 19.9 Å². The lowest BCUT2D eigenvalue weighted by molar-refractivity contribution is 0.476. The fourth-order valence-corrected chi connectivity index (χ4v) is 2.00. The maximum absolute atomic E-state index is 5.93. The molecule has 1 N–H and O–H groups in total. The SMILES string of the molecule is CCc1ccc(CNc2ccc(Cl)c(Br)c2)o1. The minimum Gasteiger partial charge on any atom is -0.464 e. The Morgan fingerprint density at radius 3 is 2.65 bits per heavy atom. The van der Waals surface area contributed by atoms with E-state index in [4.69, 9.17) is 16.0 Å². The number of nitrogens with one attached hydrogen (secondary N) is 1. The molecule has 1 aromatic carbocycles. The summed E-state index contributed by atoms with van der Waals surface area (Å²) in [4.78, 5) is 0. The molecule has 0 radical (unpaired) electrons. The normalized spacial score (nSPS) is 10.5. The first-order chi connectivity index (χ1) is 8.19. The number of hydrogen-bond donors (Lipinski definition) is 1. The molecule has 0 aliphatic carbocycles. The van der Waals surface area contributed by atoms with Gasteiger partial charge >= 0.3 is 0 Å². The Labute approximate surface area is 114 Å². The molecule has 0 spiro atoms. The molecule has 17 heavy (non-hydrogen) atoms. The fourth-order valence-electron chi connectivity index (χ4n) is 1.50. The first kappa shape index (κ1) is 12.5. The van der Waals surface area contributed by atoms with E-state index in [1.54, 1.807) is 0 Å². The third-order valence-electron chi connectivity index (χ3n) is 2.45. The quantitative estimate of drug-likeness (QED) is 0.871. The largest absolute Gasteiger partial charge is 0.464 e. The van der Waals surface area contributed by atoms with Crippen LogP contribution in [0.3, 0.4) is 0 Å². The van der Waals surface area contributed by atoms with Gasteiger partial charge in [-0.3, -0.25) is 0 Å². The number of halogens is 2. The van der Waals surface area contributed by atoms with Gasteiger partial charge in [0.15, 0.2) is 0 Å². The molecule has 1 heterocycles. The lowest BCUT2D eigenvalue weighted by atomic mass is 10.3. The highest BCUT2D eigenvalue weighted by Crippen LogP contribution is 2.25. The van der Waals surface area contributed by atoms with Gasteiger partial charge in [-0.1, -0.05) is 18.5 Å². The van der Waals surface area contributed by atoms with Crippen LogP contribution in [0.15, 0.2) is 39.2 Å². The molecule has 90 valence electrons. The molecule has 0 aliphatic heterocycles. The standard InChI is InChI=1S/C13H13BrClNO/c1-2-10-4-5-11(17-10)8-16-9-3-6-13(15)12(14)7-9/h3-7,16H,2,8H2,1H3. The Kier molecular flexibility index (Phi) is 4.13. The Hall–Kier alpha value is -0.930. The van der Waals surface area contributed by atoms with E-state index in [9.17, 15) is 0 Å². The molecule has 0 atom stereocenters. The summed E-state index contributed by atoms with van der Waals surface area (Å²) in [6.07, 6.45) is 0.923. The second-order valence-corrected chi connectivity index (χ2v) is 4.97. The molecule has 0 unspecified atom stereocenters. The molecule has 0 fully saturated rings. The van der Waals surface area contributed by atoms with Gasteiger partial charge < -0.3 is 9.73 Å². The molecule has 0 bridgehead atoms. The van der Waals surface area contributed by atoms with E-state index in [0.717, 1.165) is 28.1 Å². The minimum absolute atomic E-state index is 0.675. The monoisotopic (exact) mass is 313 g/mol. The Bertz CT molecular complexity index is 510. The number of anilines is 1. The van der Waals surface area contributed by atoms with Crippen LogP contribution < -0.4 is 5.32 Å². The van der Waals surface area contributed by atoms with Crippen LogP contribution in [0.25, 0.3) is 0 Å². The maximum Gasteiger partial charge on any atom is 0.123 e. The highest BCUT2D eigenvalue weighted by atomic mass is 79.9.